The van der Waals surface area contributed by atoms with Crippen LogP contribution >= 0.6 is 0 Å². The quantitative estimate of drug-likeness (QED) is 0.615. The van der Waals surface area contributed by atoms with E-state index in [1.165, 1.54) is 0 Å². The number of unbranched alkanes of at least 4 members (excludes halogenated alkanes) is 1. The second-order valence-electron chi connectivity index (χ2n) is 2.30. The Morgan fingerprint density at radius 3 is 2.64 bits per heavy atom. The Morgan fingerprint density at radius 1 is 1.55 bits per heavy atom. The van der Waals surface area contributed by atoms with Crippen molar-refractivity contribution in [1.82, 2.24) is 5.32 Å². The molecular weight excluding hydrogens is 152 g/mol. The van der Waals surface area contributed by atoms with Crippen molar-refractivity contribution in [3.8, 4) is 0 Å². The average molecular weight is 165 g/mol. The zero-order chi connectivity index (χ0) is 8.69. The molecule has 0 atom stereocenters. The van der Waals surface area contributed by atoms with Crippen LogP contribution in [0.15, 0.2) is 0 Å². The molecule has 0 aliphatic rings. The molecule has 4 heteroatoms. The van der Waals surface area contributed by atoms with Gasteiger partial charge in [-0.3, -0.25) is 4.79 Å². The molecule has 0 bridgehead atoms. The number of hydrogen-bond acceptors (Lipinski definition) is 1. The smallest absolute Gasteiger partial charge is 0.247 e. The molecule has 0 radical (unpaired) electrons. The molecule has 0 aromatic rings. The van der Waals surface area contributed by atoms with Crippen molar-refractivity contribution in [1.29, 1.82) is 0 Å². The lowest BCUT2D eigenvalue weighted by Crippen LogP contribution is -2.25. The number of amides is 1. The molecule has 0 rings (SSSR count). The second kappa shape index (κ2) is 6.07. The first-order chi connectivity index (χ1) is 5.16. The standard InChI is InChI=1S/C7H13F2NO/c1-2-3-4-10-7(11)5-6(8)9/h6H,2-5H2,1H3,(H,10,11). The van der Waals surface area contributed by atoms with Gasteiger partial charge >= 0.3 is 0 Å². The lowest BCUT2D eigenvalue weighted by Gasteiger charge is -2.02. The van der Waals surface area contributed by atoms with Gasteiger partial charge in [0.1, 0.15) is 0 Å². The minimum absolute atomic E-state index is 0.502. The summed E-state index contributed by atoms with van der Waals surface area (Å²) in [6.45, 7) is 2.47. The van der Waals surface area contributed by atoms with Gasteiger partial charge in [-0.25, -0.2) is 8.78 Å². The molecule has 2 nitrogen and oxygen atoms in total. The minimum atomic E-state index is -2.53. The molecule has 0 unspecified atom stereocenters. The molecular formula is C7H13F2NO. The van der Waals surface area contributed by atoms with Crippen molar-refractivity contribution >= 4 is 5.91 Å². The van der Waals surface area contributed by atoms with Crippen molar-refractivity contribution < 1.29 is 13.6 Å². The van der Waals surface area contributed by atoms with E-state index in [9.17, 15) is 13.6 Å². The van der Waals surface area contributed by atoms with Crippen molar-refractivity contribution in [3.63, 3.8) is 0 Å². The third kappa shape index (κ3) is 7.22. The number of hydrogen-bond donors (Lipinski definition) is 1. The van der Waals surface area contributed by atoms with Crippen LogP contribution in [0.4, 0.5) is 8.78 Å². The lowest BCUT2D eigenvalue weighted by molar-refractivity contribution is -0.123. The third-order valence-electron chi connectivity index (χ3n) is 1.19. The Balaban J connectivity index is 3.23. The maximum Gasteiger partial charge on any atom is 0.247 e. The minimum Gasteiger partial charge on any atom is -0.356 e. The highest BCUT2D eigenvalue weighted by atomic mass is 19.3. The van der Waals surface area contributed by atoms with Crippen molar-refractivity contribution in [2.75, 3.05) is 6.54 Å². The summed E-state index contributed by atoms with van der Waals surface area (Å²) in [5.74, 6) is -0.562. The fraction of sp³-hybridized carbons (Fsp3) is 0.857. The largest absolute Gasteiger partial charge is 0.356 e. The van der Waals surface area contributed by atoms with Gasteiger partial charge in [0.2, 0.25) is 12.3 Å². The van der Waals surface area contributed by atoms with Gasteiger partial charge in [-0.1, -0.05) is 13.3 Å². The Kier molecular flexibility index (Phi) is 5.70. The molecule has 0 aromatic carbocycles. The fourth-order valence-electron chi connectivity index (χ4n) is 0.617. The molecule has 11 heavy (non-hydrogen) atoms. The molecule has 1 amide bonds. The second-order valence-corrected chi connectivity index (χ2v) is 2.30. The van der Waals surface area contributed by atoms with E-state index < -0.39 is 18.8 Å². The number of rotatable bonds is 5. The zero-order valence-corrected chi connectivity index (χ0v) is 6.57. The molecule has 0 aliphatic carbocycles. The molecule has 0 heterocycles. The first-order valence-electron chi connectivity index (χ1n) is 3.71. The number of carbonyl (C=O) groups excluding carboxylic acids is 1. The summed E-state index contributed by atoms with van der Waals surface area (Å²) in [5, 5.41) is 2.40. The molecule has 0 aliphatic heterocycles. The van der Waals surface area contributed by atoms with Crippen LogP contribution in [-0.2, 0) is 4.79 Å². The number of alkyl halides is 2. The monoisotopic (exact) mass is 165 g/mol. The van der Waals surface area contributed by atoms with Crippen LogP contribution < -0.4 is 5.32 Å². The predicted molar refractivity (Wildman–Crippen MR) is 38.5 cm³/mol. The van der Waals surface area contributed by atoms with E-state index in [0.29, 0.717) is 6.54 Å². The van der Waals surface area contributed by atoms with E-state index in [2.05, 4.69) is 5.32 Å². The summed E-state index contributed by atoms with van der Waals surface area (Å²) in [6, 6.07) is 0. The van der Waals surface area contributed by atoms with Crippen LogP contribution in [0, 0.1) is 0 Å². The van der Waals surface area contributed by atoms with Gasteiger partial charge in [0, 0.05) is 6.54 Å². The maximum absolute atomic E-state index is 11.5. The van der Waals surface area contributed by atoms with Crippen LogP contribution in [-0.4, -0.2) is 18.9 Å². The SMILES string of the molecule is CCCCNC(=O)CC(F)F. The molecule has 1 N–H and O–H groups in total. The molecule has 0 aromatic heterocycles. The molecule has 0 saturated carbocycles. The van der Waals surface area contributed by atoms with E-state index in [-0.39, 0.29) is 0 Å². The zero-order valence-electron chi connectivity index (χ0n) is 6.57. The Morgan fingerprint density at radius 2 is 2.18 bits per heavy atom. The summed E-state index contributed by atoms with van der Waals surface area (Å²) in [6.07, 6.45) is -1.41. The summed E-state index contributed by atoms with van der Waals surface area (Å²) < 4.78 is 23.1. The van der Waals surface area contributed by atoms with E-state index in [1.807, 2.05) is 6.92 Å². The van der Waals surface area contributed by atoms with Crippen LogP contribution in [0.3, 0.4) is 0 Å². The van der Waals surface area contributed by atoms with Crippen LogP contribution in [0.2, 0.25) is 0 Å². The molecule has 0 saturated heterocycles. The summed E-state index contributed by atoms with van der Waals surface area (Å²) >= 11 is 0. The first kappa shape index (κ1) is 10.3. The van der Waals surface area contributed by atoms with Crippen LogP contribution in [0.5, 0.6) is 0 Å². The van der Waals surface area contributed by atoms with E-state index in [4.69, 9.17) is 0 Å². The summed E-state index contributed by atoms with van der Waals surface area (Å²) in [7, 11) is 0. The number of halogens is 2. The van der Waals surface area contributed by atoms with Gasteiger partial charge in [0.05, 0.1) is 6.42 Å². The maximum atomic E-state index is 11.5. The Bertz CT molecular complexity index is 117. The van der Waals surface area contributed by atoms with E-state index in [0.717, 1.165) is 12.8 Å². The van der Waals surface area contributed by atoms with E-state index in [1.54, 1.807) is 0 Å². The first-order valence-corrected chi connectivity index (χ1v) is 3.71. The fourth-order valence-corrected chi connectivity index (χ4v) is 0.617. The van der Waals surface area contributed by atoms with Gasteiger partial charge in [0.25, 0.3) is 0 Å². The highest BCUT2D eigenvalue weighted by Gasteiger charge is 2.08. The van der Waals surface area contributed by atoms with Crippen LogP contribution in [0.1, 0.15) is 26.2 Å². The van der Waals surface area contributed by atoms with Crippen molar-refractivity contribution in [2.45, 2.75) is 32.6 Å². The number of carbonyl (C=O) groups is 1. The van der Waals surface area contributed by atoms with Crippen molar-refractivity contribution in [2.24, 2.45) is 0 Å². The highest BCUT2D eigenvalue weighted by Crippen LogP contribution is 1.97. The lowest BCUT2D eigenvalue weighted by atomic mass is 10.3. The Hall–Kier alpha value is -0.670. The topological polar surface area (TPSA) is 29.1 Å². The average Bonchev–Trinajstić information content (AvgIpc) is 1.86. The normalized spacial score (nSPS) is 10.2. The van der Waals surface area contributed by atoms with Gasteiger partial charge in [-0.15, -0.1) is 0 Å². The third-order valence-corrected chi connectivity index (χ3v) is 1.19. The van der Waals surface area contributed by atoms with Gasteiger partial charge in [-0.05, 0) is 6.42 Å². The molecule has 0 spiro atoms. The van der Waals surface area contributed by atoms with E-state index >= 15 is 0 Å². The van der Waals surface area contributed by atoms with Gasteiger partial charge in [0.15, 0.2) is 0 Å². The summed E-state index contributed by atoms with van der Waals surface area (Å²) in [4.78, 5) is 10.5. The summed E-state index contributed by atoms with van der Waals surface area (Å²) in [5.41, 5.74) is 0. The molecule has 0 fully saturated rings. The van der Waals surface area contributed by atoms with Gasteiger partial charge < -0.3 is 5.32 Å². The predicted octanol–water partition coefficient (Wildman–Crippen LogP) is 1.56. The Labute approximate surface area is 65.0 Å². The highest BCUT2D eigenvalue weighted by molar-refractivity contribution is 5.76. The number of nitrogens with one attached hydrogen (secondary N) is 1. The molecule has 66 valence electrons. The van der Waals surface area contributed by atoms with Crippen LogP contribution in [0.25, 0.3) is 0 Å². The van der Waals surface area contributed by atoms with Gasteiger partial charge in [-0.2, -0.15) is 0 Å². The van der Waals surface area contributed by atoms with Crippen molar-refractivity contribution in [3.05, 3.63) is 0 Å².